The zero-order chi connectivity index (χ0) is 11.0. The molecule has 0 aliphatic carbocycles. The second-order valence-corrected chi connectivity index (χ2v) is 3.91. The van der Waals surface area contributed by atoms with Crippen molar-refractivity contribution in [1.82, 2.24) is 9.78 Å². The number of nitrogen functional groups attached to an aromatic ring is 1. The number of hydrogen-bond acceptors (Lipinski definition) is 2. The van der Waals surface area contributed by atoms with Crippen LogP contribution in [0.25, 0.3) is 11.1 Å². The summed E-state index contributed by atoms with van der Waals surface area (Å²) in [6.07, 6.45) is 1.83. The molecule has 0 saturated carbocycles. The summed E-state index contributed by atoms with van der Waals surface area (Å²) in [5.41, 5.74) is 9.59. The van der Waals surface area contributed by atoms with Crippen molar-refractivity contribution in [2.45, 2.75) is 6.92 Å². The predicted molar refractivity (Wildman–Crippen MR) is 62.8 cm³/mol. The molecule has 1 heterocycles. The minimum atomic E-state index is 0.584. The van der Waals surface area contributed by atoms with E-state index in [1.54, 1.807) is 6.07 Å². The highest BCUT2D eigenvalue weighted by atomic mass is 35.5. The maximum Gasteiger partial charge on any atom is 0.0635 e. The van der Waals surface area contributed by atoms with Crippen molar-refractivity contribution in [3.8, 4) is 11.1 Å². The minimum absolute atomic E-state index is 0.584. The Morgan fingerprint density at radius 2 is 2.13 bits per heavy atom. The molecule has 3 nitrogen and oxygen atoms in total. The van der Waals surface area contributed by atoms with Crippen LogP contribution in [-0.4, -0.2) is 9.78 Å². The second-order valence-electron chi connectivity index (χ2n) is 3.50. The molecule has 1 aromatic heterocycles. The van der Waals surface area contributed by atoms with Crippen molar-refractivity contribution in [1.29, 1.82) is 0 Å². The van der Waals surface area contributed by atoms with Gasteiger partial charge in [-0.15, -0.1) is 0 Å². The van der Waals surface area contributed by atoms with Gasteiger partial charge in [0.1, 0.15) is 0 Å². The van der Waals surface area contributed by atoms with Gasteiger partial charge in [0.15, 0.2) is 0 Å². The van der Waals surface area contributed by atoms with Crippen LogP contribution in [0.1, 0.15) is 5.69 Å². The van der Waals surface area contributed by atoms with Crippen LogP contribution in [0.4, 0.5) is 5.69 Å². The highest BCUT2D eigenvalue weighted by Crippen LogP contribution is 2.28. The maximum atomic E-state index is 5.87. The molecular weight excluding hydrogens is 210 g/mol. The van der Waals surface area contributed by atoms with E-state index in [-0.39, 0.29) is 0 Å². The second kappa shape index (κ2) is 3.59. The molecule has 0 radical (unpaired) electrons. The lowest BCUT2D eigenvalue weighted by Crippen LogP contribution is -1.93. The fraction of sp³-hybridized carbons (Fsp3) is 0.182. The first-order valence-electron chi connectivity index (χ1n) is 4.63. The predicted octanol–water partition coefficient (Wildman–Crippen LogP) is 2.63. The van der Waals surface area contributed by atoms with Crippen LogP contribution in [0.5, 0.6) is 0 Å². The van der Waals surface area contributed by atoms with E-state index in [2.05, 4.69) is 5.10 Å². The molecule has 0 aliphatic rings. The smallest absolute Gasteiger partial charge is 0.0635 e. The van der Waals surface area contributed by atoms with Gasteiger partial charge in [-0.05, 0) is 24.6 Å². The van der Waals surface area contributed by atoms with Crippen molar-refractivity contribution in [3.05, 3.63) is 35.1 Å². The van der Waals surface area contributed by atoms with E-state index in [1.165, 1.54) is 0 Å². The normalized spacial score (nSPS) is 10.6. The Morgan fingerprint density at radius 1 is 1.40 bits per heavy atom. The van der Waals surface area contributed by atoms with Crippen molar-refractivity contribution in [2.75, 3.05) is 5.73 Å². The first-order valence-corrected chi connectivity index (χ1v) is 5.01. The van der Waals surface area contributed by atoms with Gasteiger partial charge in [0.2, 0.25) is 0 Å². The van der Waals surface area contributed by atoms with Gasteiger partial charge in [0.25, 0.3) is 0 Å². The summed E-state index contributed by atoms with van der Waals surface area (Å²) in [5.74, 6) is 0. The Bertz CT molecular complexity index is 503. The quantitative estimate of drug-likeness (QED) is 0.753. The lowest BCUT2D eigenvalue weighted by atomic mass is 10.1. The van der Waals surface area contributed by atoms with Gasteiger partial charge >= 0.3 is 0 Å². The molecule has 0 unspecified atom stereocenters. The number of aromatic nitrogens is 2. The molecular formula is C11H12ClN3. The number of hydrogen-bond donors (Lipinski definition) is 1. The van der Waals surface area contributed by atoms with E-state index in [1.807, 2.05) is 37.0 Å². The van der Waals surface area contributed by atoms with Gasteiger partial charge in [-0.1, -0.05) is 17.7 Å². The van der Waals surface area contributed by atoms with Crippen molar-refractivity contribution in [2.24, 2.45) is 7.05 Å². The van der Waals surface area contributed by atoms with Crippen LogP contribution >= 0.6 is 11.6 Å². The van der Waals surface area contributed by atoms with Gasteiger partial charge < -0.3 is 5.73 Å². The number of nitrogens with zero attached hydrogens (tertiary/aromatic N) is 2. The number of benzene rings is 1. The van der Waals surface area contributed by atoms with Crippen LogP contribution in [-0.2, 0) is 7.05 Å². The number of anilines is 1. The molecule has 0 atom stereocenters. The zero-order valence-electron chi connectivity index (χ0n) is 8.66. The Hall–Kier alpha value is -1.48. The van der Waals surface area contributed by atoms with Crippen molar-refractivity contribution < 1.29 is 0 Å². The third-order valence-electron chi connectivity index (χ3n) is 2.54. The molecule has 15 heavy (non-hydrogen) atoms. The summed E-state index contributed by atoms with van der Waals surface area (Å²) in [4.78, 5) is 0. The average molecular weight is 222 g/mol. The van der Waals surface area contributed by atoms with E-state index in [0.717, 1.165) is 16.8 Å². The van der Waals surface area contributed by atoms with E-state index in [4.69, 9.17) is 17.3 Å². The van der Waals surface area contributed by atoms with Gasteiger partial charge in [-0.25, -0.2) is 0 Å². The number of halogens is 1. The molecule has 0 bridgehead atoms. The topological polar surface area (TPSA) is 43.8 Å². The Labute approximate surface area is 93.5 Å². The Morgan fingerprint density at radius 3 is 2.67 bits per heavy atom. The standard InChI is InChI=1S/C11H12ClN3/c1-7-9(6-14-15(7)2)8-3-4-10(12)11(13)5-8/h3-6H,13H2,1-2H3. The highest BCUT2D eigenvalue weighted by molar-refractivity contribution is 6.33. The Kier molecular flexibility index (Phi) is 2.40. The first-order chi connectivity index (χ1) is 7.09. The fourth-order valence-corrected chi connectivity index (χ4v) is 1.61. The van der Waals surface area contributed by atoms with E-state index < -0.39 is 0 Å². The summed E-state index contributed by atoms with van der Waals surface area (Å²) in [6, 6.07) is 5.62. The fourth-order valence-electron chi connectivity index (χ4n) is 1.49. The molecule has 2 rings (SSSR count). The van der Waals surface area contributed by atoms with Crippen LogP contribution in [0.15, 0.2) is 24.4 Å². The van der Waals surface area contributed by atoms with Gasteiger partial charge in [0.05, 0.1) is 16.9 Å². The summed E-state index contributed by atoms with van der Waals surface area (Å²) >= 11 is 5.87. The molecule has 0 fully saturated rings. The molecule has 0 saturated heterocycles. The minimum Gasteiger partial charge on any atom is -0.398 e. The van der Waals surface area contributed by atoms with E-state index >= 15 is 0 Å². The van der Waals surface area contributed by atoms with Crippen LogP contribution < -0.4 is 5.73 Å². The van der Waals surface area contributed by atoms with Gasteiger partial charge in [-0.2, -0.15) is 5.10 Å². The van der Waals surface area contributed by atoms with Crippen LogP contribution in [0.2, 0.25) is 5.02 Å². The number of rotatable bonds is 1. The maximum absolute atomic E-state index is 5.87. The van der Waals surface area contributed by atoms with Gasteiger partial charge in [0, 0.05) is 18.3 Å². The third kappa shape index (κ3) is 1.70. The van der Waals surface area contributed by atoms with Gasteiger partial charge in [-0.3, -0.25) is 4.68 Å². The summed E-state index contributed by atoms with van der Waals surface area (Å²) < 4.78 is 1.83. The van der Waals surface area contributed by atoms with Crippen molar-refractivity contribution >= 4 is 17.3 Å². The SMILES string of the molecule is Cc1c(-c2ccc(Cl)c(N)c2)cnn1C. The Balaban J connectivity index is 2.55. The van der Waals surface area contributed by atoms with E-state index in [0.29, 0.717) is 10.7 Å². The molecule has 2 aromatic rings. The largest absolute Gasteiger partial charge is 0.398 e. The molecule has 4 heteroatoms. The molecule has 78 valence electrons. The molecule has 0 aliphatic heterocycles. The highest BCUT2D eigenvalue weighted by Gasteiger charge is 2.07. The monoisotopic (exact) mass is 221 g/mol. The van der Waals surface area contributed by atoms with Crippen molar-refractivity contribution in [3.63, 3.8) is 0 Å². The summed E-state index contributed by atoms with van der Waals surface area (Å²) in [7, 11) is 1.91. The summed E-state index contributed by atoms with van der Waals surface area (Å²) in [6.45, 7) is 2.02. The average Bonchev–Trinajstić information content (AvgIpc) is 2.53. The third-order valence-corrected chi connectivity index (χ3v) is 2.89. The lowest BCUT2D eigenvalue weighted by Gasteiger charge is -2.03. The molecule has 2 N–H and O–H groups in total. The first kappa shape index (κ1) is 10.1. The summed E-state index contributed by atoms with van der Waals surface area (Å²) in [5, 5.41) is 4.77. The zero-order valence-corrected chi connectivity index (χ0v) is 9.42. The number of nitrogens with two attached hydrogens (primary N) is 1. The lowest BCUT2D eigenvalue weighted by molar-refractivity contribution is 0.740. The molecule has 1 aromatic carbocycles. The van der Waals surface area contributed by atoms with Crippen LogP contribution in [0.3, 0.4) is 0 Å². The van der Waals surface area contributed by atoms with Crippen LogP contribution in [0, 0.1) is 6.92 Å². The van der Waals surface area contributed by atoms with E-state index in [9.17, 15) is 0 Å². The number of aryl methyl sites for hydroxylation is 1. The molecule has 0 spiro atoms. The molecule has 0 amide bonds.